The van der Waals surface area contributed by atoms with Crippen molar-refractivity contribution in [3.8, 4) is 11.1 Å². The fraction of sp³-hybridized carbons (Fsp3) is 0.214. The molecule has 0 saturated heterocycles. The molecule has 82 valence electrons. The zero-order valence-corrected chi connectivity index (χ0v) is 9.91. The van der Waals surface area contributed by atoms with Gasteiger partial charge in [-0.25, -0.2) is 0 Å². The Morgan fingerprint density at radius 1 is 1.06 bits per heavy atom. The predicted octanol–water partition coefficient (Wildman–Crippen LogP) is 3.26. The van der Waals surface area contributed by atoms with Crippen LogP contribution in [0.2, 0.25) is 0 Å². The zero-order valence-electron chi connectivity index (χ0n) is 9.91. The first kappa shape index (κ1) is 10.7. The van der Waals surface area contributed by atoms with Crippen molar-refractivity contribution in [2.45, 2.75) is 20.8 Å². The number of nitrogens with two attached hydrogens (primary N) is 1. The van der Waals surface area contributed by atoms with E-state index in [1.807, 2.05) is 32.0 Å². The molecule has 0 radical (unpaired) electrons. The quantitative estimate of drug-likeness (QED) is 0.737. The molecule has 2 nitrogen and oxygen atoms in total. The molecule has 1 aromatic heterocycles. The van der Waals surface area contributed by atoms with E-state index < -0.39 is 0 Å². The SMILES string of the molecule is Cc1cc(C)c(-c2cccc(N)c2)c(C)n1. The van der Waals surface area contributed by atoms with Crippen LogP contribution in [0.25, 0.3) is 11.1 Å². The molecule has 1 heterocycles. The van der Waals surface area contributed by atoms with Crippen LogP contribution in [0, 0.1) is 20.8 Å². The average Bonchev–Trinajstić information content (AvgIpc) is 2.15. The van der Waals surface area contributed by atoms with Gasteiger partial charge in [-0.2, -0.15) is 0 Å². The summed E-state index contributed by atoms with van der Waals surface area (Å²) in [5.41, 5.74) is 12.3. The molecule has 2 N–H and O–H groups in total. The first-order valence-corrected chi connectivity index (χ1v) is 5.38. The van der Waals surface area contributed by atoms with Crippen LogP contribution in [-0.4, -0.2) is 4.98 Å². The maximum Gasteiger partial charge on any atom is 0.0456 e. The smallest absolute Gasteiger partial charge is 0.0456 e. The average molecular weight is 212 g/mol. The zero-order chi connectivity index (χ0) is 11.7. The standard InChI is InChI=1S/C14H16N2/c1-9-7-10(2)16-11(3)14(9)12-5-4-6-13(15)8-12/h4-8H,15H2,1-3H3. The lowest BCUT2D eigenvalue weighted by atomic mass is 9.98. The lowest BCUT2D eigenvalue weighted by Gasteiger charge is -2.11. The molecule has 0 spiro atoms. The van der Waals surface area contributed by atoms with Crippen molar-refractivity contribution >= 4 is 5.69 Å². The Hall–Kier alpha value is -1.83. The van der Waals surface area contributed by atoms with Gasteiger partial charge in [-0.3, -0.25) is 4.98 Å². The highest BCUT2D eigenvalue weighted by Gasteiger charge is 2.07. The van der Waals surface area contributed by atoms with Crippen LogP contribution in [0.3, 0.4) is 0 Å². The largest absolute Gasteiger partial charge is 0.399 e. The highest BCUT2D eigenvalue weighted by molar-refractivity contribution is 5.72. The van der Waals surface area contributed by atoms with Gasteiger partial charge in [0.15, 0.2) is 0 Å². The minimum atomic E-state index is 0.789. The fourth-order valence-corrected chi connectivity index (χ4v) is 2.15. The molecule has 0 amide bonds. The van der Waals surface area contributed by atoms with E-state index in [0.717, 1.165) is 22.6 Å². The van der Waals surface area contributed by atoms with E-state index in [9.17, 15) is 0 Å². The predicted molar refractivity (Wildman–Crippen MR) is 68.3 cm³/mol. The summed E-state index contributed by atoms with van der Waals surface area (Å²) in [6, 6.07) is 10.0. The Kier molecular flexibility index (Phi) is 2.65. The number of aromatic nitrogens is 1. The molecule has 16 heavy (non-hydrogen) atoms. The van der Waals surface area contributed by atoms with Crippen molar-refractivity contribution in [2.24, 2.45) is 0 Å². The Morgan fingerprint density at radius 3 is 2.44 bits per heavy atom. The Balaban J connectivity index is 2.64. The molecule has 0 saturated carbocycles. The number of nitrogens with zero attached hydrogens (tertiary/aromatic N) is 1. The number of nitrogen functional groups attached to an aromatic ring is 1. The van der Waals surface area contributed by atoms with E-state index in [1.165, 1.54) is 11.1 Å². The molecule has 2 heteroatoms. The molecule has 0 fully saturated rings. The Labute approximate surface area is 96.1 Å². The third-order valence-corrected chi connectivity index (χ3v) is 2.70. The third-order valence-electron chi connectivity index (χ3n) is 2.70. The summed E-state index contributed by atoms with van der Waals surface area (Å²) in [6.45, 7) is 6.17. The van der Waals surface area contributed by atoms with Gasteiger partial charge in [-0.1, -0.05) is 12.1 Å². The van der Waals surface area contributed by atoms with Crippen LogP contribution in [0.4, 0.5) is 5.69 Å². The van der Waals surface area contributed by atoms with E-state index in [1.54, 1.807) is 0 Å². The van der Waals surface area contributed by atoms with E-state index in [-0.39, 0.29) is 0 Å². The number of aryl methyl sites for hydroxylation is 3. The van der Waals surface area contributed by atoms with Crippen molar-refractivity contribution in [1.29, 1.82) is 0 Å². The number of rotatable bonds is 1. The van der Waals surface area contributed by atoms with E-state index in [4.69, 9.17) is 5.73 Å². The second kappa shape index (κ2) is 3.97. The highest BCUT2D eigenvalue weighted by atomic mass is 14.7. The van der Waals surface area contributed by atoms with Crippen LogP contribution < -0.4 is 5.73 Å². The molecule has 0 aliphatic carbocycles. The molecule has 0 aliphatic heterocycles. The summed E-state index contributed by atoms with van der Waals surface area (Å²) < 4.78 is 0. The third kappa shape index (κ3) is 1.91. The van der Waals surface area contributed by atoms with Gasteiger partial charge in [0, 0.05) is 22.6 Å². The van der Waals surface area contributed by atoms with E-state index in [2.05, 4.69) is 24.0 Å². The molecule has 0 bridgehead atoms. The topological polar surface area (TPSA) is 38.9 Å². The molecule has 0 atom stereocenters. The maximum atomic E-state index is 5.81. The van der Waals surface area contributed by atoms with Gasteiger partial charge in [0.05, 0.1) is 0 Å². The number of pyridine rings is 1. The summed E-state index contributed by atoms with van der Waals surface area (Å²) in [7, 11) is 0. The lowest BCUT2D eigenvalue weighted by Crippen LogP contribution is -1.95. The van der Waals surface area contributed by atoms with Crippen LogP contribution in [-0.2, 0) is 0 Å². The monoisotopic (exact) mass is 212 g/mol. The highest BCUT2D eigenvalue weighted by Crippen LogP contribution is 2.27. The van der Waals surface area contributed by atoms with Crippen LogP contribution in [0.15, 0.2) is 30.3 Å². The minimum absolute atomic E-state index is 0.789. The van der Waals surface area contributed by atoms with Gasteiger partial charge in [-0.15, -0.1) is 0 Å². The van der Waals surface area contributed by atoms with Crippen molar-refractivity contribution in [3.63, 3.8) is 0 Å². The summed E-state index contributed by atoms with van der Waals surface area (Å²) in [4.78, 5) is 4.50. The summed E-state index contributed by atoms with van der Waals surface area (Å²) in [6.07, 6.45) is 0. The van der Waals surface area contributed by atoms with E-state index >= 15 is 0 Å². The van der Waals surface area contributed by atoms with Gasteiger partial charge in [0.25, 0.3) is 0 Å². The molecule has 0 aliphatic rings. The maximum absolute atomic E-state index is 5.81. The molecule has 1 aromatic carbocycles. The minimum Gasteiger partial charge on any atom is -0.399 e. The van der Waals surface area contributed by atoms with Gasteiger partial charge in [-0.05, 0) is 50.1 Å². The molecule has 2 rings (SSSR count). The normalized spacial score (nSPS) is 10.4. The molecule has 0 unspecified atom stereocenters. The van der Waals surface area contributed by atoms with Crippen LogP contribution >= 0.6 is 0 Å². The number of anilines is 1. The number of benzene rings is 1. The number of hydrogen-bond acceptors (Lipinski definition) is 2. The van der Waals surface area contributed by atoms with Crippen molar-refractivity contribution in [2.75, 3.05) is 5.73 Å². The Morgan fingerprint density at radius 2 is 1.81 bits per heavy atom. The van der Waals surface area contributed by atoms with Gasteiger partial charge < -0.3 is 5.73 Å². The van der Waals surface area contributed by atoms with Gasteiger partial charge >= 0.3 is 0 Å². The second-order valence-electron chi connectivity index (χ2n) is 4.17. The first-order chi connectivity index (χ1) is 7.58. The van der Waals surface area contributed by atoms with Gasteiger partial charge in [0.2, 0.25) is 0 Å². The van der Waals surface area contributed by atoms with Crippen molar-refractivity contribution in [3.05, 3.63) is 47.3 Å². The van der Waals surface area contributed by atoms with Crippen molar-refractivity contribution in [1.82, 2.24) is 4.98 Å². The van der Waals surface area contributed by atoms with Gasteiger partial charge in [0.1, 0.15) is 0 Å². The lowest BCUT2D eigenvalue weighted by molar-refractivity contribution is 1.11. The fourth-order valence-electron chi connectivity index (χ4n) is 2.15. The summed E-state index contributed by atoms with van der Waals surface area (Å²) in [5, 5.41) is 0. The number of hydrogen-bond donors (Lipinski definition) is 1. The summed E-state index contributed by atoms with van der Waals surface area (Å²) >= 11 is 0. The molecule has 2 aromatic rings. The summed E-state index contributed by atoms with van der Waals surface area (Å²) in [5.74, 6) is 0. The molecular weight excluding hydrogens is 196 g/mol. The van der Waals surface area contributed by atoms with Crippen molar-refractivity contribution < 1.29 is 0 Å². The molecular formula is C14H16N2. The van der Waals surface area contributed by atoms with E-state index in [0.29, 0.717) is 0 Å². The first-order valence-electron chi connectivity index (χ1n) is 5.38. The van der Waals surface area contributed by atoms with Crippen LogP contribution in [0.5, 0.6) is 0 Å². The van der Waals surface area contributed by atoms with Crippen LogP contribution in [0.1, 0.15) is 17.0 Å². The Bertz CT molecular complexity index is 507. The second-order valence-corrected chi connectivity index (χ2v) is 4.17.